The molecule has 1 aromatic carbocycles. The number of nitrogens with one attached hydrogen (secondary N) is 1. The summed E-state index contributed by atoms with van der Waals surface area (Å²) in [6.07, 6.45) is 0. The van der Waals surface area contributed by atoms with Crippen molar-refractivity contribution in [2.75, 3.05) is 5.32 Å². The van der Waals surface area contributed by atoms with Gasteiger partial charge in [-0.2, -0.15) is 5.10 Å². The molecule has 0 saturated heterocycles. The second-order valence-electron chi connectivity index (χ2n) is 4.12. The van der Waals surface area contributed by atoms with Crippen LogP contribution in [0, 0.1) is 13.8 Å². The zero-order valence-electron chi connectivity index (χ0n) is 10.5. The summed E-state index contributed by atoms with van der Waals surface area (Å²) in [6, 6.07) is 7.33. The fourth-order valence-corrected chi connectivity index (χ4v) is 2.22. The number of carbonyl (C=O) groups excluding carboxylic acids is 1. The molecule has 2 aromatic rings. The monoisotopic (exact) mass is 307 g/mol. The number of amides is 1. The van der Waals surface area contributed by atoms with Gasteiger partial charge in [-0.3, -0.25) is 9.48 Å². The second kappa shape index (κ2) is 4.94. The van der Waals surface area contributed by atoms with Crippen molar-refractivity contribution >= 4 is 27.7 Å². The van der Waals surface area contributed by atoms with E-state index in [1.54, 1.807) is 10.7 Å². The lowest BCUT2D eigenvalue weighted by molar-refractivity contribution is 0.102. The molecular weight excluding hydrogens is 294 g/mol. The van der Waals surface area contributed by atoms with E-state index < -0.39 is 0 Å². The van der Waals surface area contributed by atoms with E-state index in [1.165, 1.54) is 0 Å². The van der Waals surface area contributed by atoms with Gasteiger partial charge in [-0.25, -0.2) is 0 Å². The summed E-state index contributed by atoms with van der Waals surface area (Å²) in [5, 5.41) is 7.16. The van der Waals surface area contributed by atoms with Crippen LogP contribution >= 0.6 is 15.9 Å². The molecule has 0 aliphatic carbocycles. The second-order valence-corrected chi connectivity index (χ2v) is 4.97. The van der Waals surface area contributed by atoms with Crippen LogP contribution in [0.2, 0.25) is 0 Å². The van der Waals surface area contributed by atoms with E-state index in [-0.39, 0.29) is 5.91 Å². The van der Waals surface area contributed by atoms with Gasteiger partial charge in [0.2, 0.25) is 0 Å². The Morgan fingerprint density at radius 1 is 1.33 bits per heavy atom. The molecule has 94 valence electrons. The third-order valence-corrected chi connectivity index (χ3v) is 3.56. The molecule has 0 aliphatic rings. The Balaban J connectivity index is 2.30. The summed E-state index contributed by atoms with van der Waals surface area (Å²) in [5.74, 6) is 0.585. The lowest BCUT2D eigenvalue weighted by Crippen LogP contribution is -2.15. The number of aryl methyl sites for hydroxylation is 2. The average molecular weight is 308 g/mol. The van der Waals surface area contributed by atoms with Gasteiger partial charge in [-0.05, 0) is 41.9 Å². The van der Waals surface area contributed by atoms with Crippen LogP contribution in [0.25, 0.3) is 0 Å². The number of halogens is 1. The summed E-state index contributed by atoms with van der Waals surface area (Å²) in [5.41, 5.74) is 2.51. The number of carbonyl (C=O) groups is 1. The summed E-state index contributed by atoms with van der Waals surface area (Å²) < 4.78 is 2.46. The number of rotatable bonds is 2. The van der Waals surface area contributed by atoms with Crippen LogP contribution in [0.5, 0.6) is 0 Å². The number of hydrogen-bond acceptors (Lipinski definition) is 2. The number of benzene rings is 1. The molecule has 0 unspecified atom stereocenters. The Morgan fingerprint density at radius 2 is 2.00 bits per heavy atom. The van der Waals surface area contributed by atoms with E-state index >= 15 is 0 Å². The van der Waals surface area contributed by atoms with Gasteiger partial charge in [0.1, 0.15) is 5.82 Å². The van der Waals surface area contributed by atoms with Crippen molar-refractivity contribution in [3.05, 3.63) is 45.6 Å². The first kappa shape index (κ1) is 12.8. The molecule has 0 atom stereocenters. The molecule has 2 rings (SSSR count). The van der Waals surface area contributed by atoms with Crippen molar-refractivity contribution in [1.29, 1.82) is 0 Å². The SMILES string of the molecule is Cc1nn(C)c(NC(=O)c2ccccc2Br)c1C. The van der Waals surface area contributed by atoms with Gasteiger partial charge in [0.05, 0.1) is 11.3 Å². The zero-order valence-corrected chi connectivity index (χ0v) is 12.1. The lowest BCUT2D eigenvalue weighted by Gasteiger charge is -2.08. The minimum atomic E-state index is -0.145. The molecule has 18 heavy (non-hydrogen) atoms. The van der Waals surface area contributed by atoms with Crippen molar-refractivity contribution in [2.24, 2.45) is 7.05 Å². The van der Waals surface area contributed by atoms with Crippen molar-refractivity contribution in [2.45, 2.75) is 13.8 Å². The highest BCUT2D eigenvalue weighted by Crippen LogP contribution is 2.20. The van der Waals surface area contributed by atoms with E-state index in [4.69, 9.17) is 0 Å². The topological polar surface area (TPSA) is 46.9 Å². The van der Waals surface area contributed by atoms with Gasteiger partial charge in [-0.1, -0.05) is 12.1 Å². The number of aromatic nitrogens is 2. The molecule has 1 amide bonds. The summed E-state index contributed by atoms with van der Waals surface area (Å²) >= 11 is 3.37. The standard InChI is InChI=1S/C13H14BrN3O/c1-8-9(2)16-17(3)12(8)15-13(18)10-6-4-5-7-11(10)14/h4-7H,1-3H3,(H,15,18). The van der Waals surface area contributed by atoms with Crippen LogP contribution in [0.1, 0.15) is 21.6 Å². The average Bonchev–Trinajstić information content (AvgIpc) is 2.56. The van der Waals surface area contributed by atoms with Gasteiger partial charge < -0.3 is 5.32 Å². The van der Waals surface area contributed by atoms with Crippen molar-refractivity contribution in [3.63, 3.8) is 0 Å². The summed E-state index contributed by atoms with van der Waals surface area (Å²) in [6.45, 7) is 3.86. The predicted octanol–water partition coefficient (Wildman–Crippen LogP) is 3.05. The molecular formula is C13H14BrN3O. The first-order valence-electron chi connectivity index (χ1n) is 5.56. The van der Waals surface area contributed by atoms with Gasteiger partial charge >= 0.3 is 0 Å². The number of nitrogens with zero attached hydrogens (tertiary/aromatic N) is 2. The van der Waals surface area contributed by atoms with E-state index in [0.29, 0.717) is 5.56 Å². The number of anilines is 1. The van der Waals surface area contributed by atoms with Gasteiger partial charge in [0.25, 0.3) is 5.91 Å². The Bertz CT molecular complexity index is 604. The zero-order chi connectivity index (χ0) is 13.3. The third-order valence-electron chi connectivity index (χ3n) is 2.87. The molecule has 1 heterocycles. The predicted molar refractivity (Wildman–Crippen MR) is 74.8 cm³/mol. The van der Waals surface area contributed by atoms with Gasteiger partial charge in [-0.15, -0.1) is 0 Å². The van der Waals surface area contributed by atoms with Crippen LogP contribution in [-0.2, 0) is 7.05 Å². The van der Waals surface area contributed by atoms with Gasteiger partial charge in [0.15, 0.2) is 0 Å². The van der Waals surface area contributed by atoms with Crippen molar-refractivity contribution < 1.29 is 4.79 Å². The number of hydrogen-bond donors (Lipinski definition) is 1. The molecule has 1 aromatic heterocycles. The fourth-order valence-electron chi connectivity index (χ4n) is 1.76. The molecule has 0 saturated carbocycles. The van der Waals surface area contributed by atoms with Gasteiger partial charge in [0, 0.05) is 17.1 Å². The molecule has 0 spiro atoms. The van der Waals surface area contributed by atoms with E-state index in [0.717, 1.165) is 21.5 Å². The van der Waals surface area contributed by atoms with Crippen LogP contribution in [0.15, 0.2) is 28.7 Å². The maximum Gasteiger partial charge on any atom is 0.257 e. The molecule has 0 bridgehead atoms. The first-order chi connectivity index (χ1) is 8.50. The van der Waals surface area contributed by atoms with E-state index in [1.807, 2.05) is 39.1 Å². The highest BCUT2D eigenvalue weighted by Gasteiger charge is 2.14. The van der Waals surface area contributed by atoms with E-state index in [2.05, 4.69) is 26.3 Å². The highest BCUT2D eigenvalue weighted by atomic mass is 79.9. The van der Waals surface area contributed by atoms with Crippen molar-refractivity contribution in [3.8, 4) is 0 Å². The largest absolute Gasteiger partial charge is 0.307 e. The van der Waals surface area contributed by atoms with Crippen LogP contribution < -0.4 is 5.32 Å². The Hall–Kier alpha value is -1.62. The minimum Gasteiger partial charge on any atom is -0.307 e. The summed E-state index contributed by atoms with van der Waals surface area (Å²) in [7, 11) is 1.82. The molecule has 5 heteroatoms. The maximum absolute atomic E-state index is 12.2. The van der Waals surface area contributed by atoms with Crippen LogP contribution in [-0.4, -0.2) is 15.7 Å². The third kappa shape index (κ3) is 2.31. The Morgan fingerprint density at radius 3 is 2.56 bits per heavy atom. The fraction of sp³-hybridized carbons (Fsp3) is 0.231. The quantitative estimate of drug-likeness (QED) is 0.927. The van der Waals surface area contributed by atoms with Crippen LogP contribution in [0.3, 0.4) is 0 Å². The molecule has 0 fully saturated rings. The van der Waals surface area contributed by atoms with Crippen LogP contribution in [0.4, 0.5) is 5.82 Å². The molecule has 4 nitrogen and oxygen atoms in total. The normalized spacial score (nSPS) is 10.4. The molecule has 0 aliphatic heterocycles. The molecule has 1 N–H and O–H groups in total. The summed E-state index contributed by atoms with van der Waals surface area (Å²) in [4.78, 5) is 12.2. The Kier molecular flexibility index (Phi) is 3.52. The van der Waals surface area contributed by atoms with E-state index in [9.17, 15) is 4.79 Å². The first-order valence-corrected chi connectivity index (χ1v) is 6.36. The van der Waals surface area contributed by atoms with Crippen molar-refractivity contribution in [1.82, 2.24) is 9.78 Å². The Labute approximate surface area is 114 Å². The minimum absolute atomic E-state index is 0.145. The highest BCUT2D eigenvalue weighted by molar-refractivity contribution is 9.10. The smallest absolute Gasteiger partial charge is 0.257 e. The molecule has 0 radical (unpaired) electrons. The maximum atomic E-state index is 12.2. The lowest BCUT2D eigenvalue weighted by atomic mass is 10.2.